The number of aromatic amines is 1. The summed E-state index contributed by atoms with van der Waals surface area (Å²) >= 11 is 0. The number of hydrogen-bond acceptors (Lipinski definition) is 3. The van der Waals surface area contributed by atoms with Crippen molar-refractivity contribution in [2.24, 2.45) is 11.7 Å². The zero-order valence-corrected chi connectivity index (χ0v) is 10.3. The number of nitrogens with one attached hydrogen (secondary N) is 1. The molecule has 1 aromatic carbocycles. The van der Waals surface area contributed by atoms with Crippen LogP contribution in [0.4, 0.5) is 0 Å². The number of primary amides is 1. The summed E-state index contributed by atoms with van der Waals surface area (Å²) in [5.41, 5.74) is 8.05. The number of fused-ring (bicyclic) bond motifs is 1. The van der Waals surface area contributed by atoms with Crippen molar-refractivity contribution in [1.82, 2.24) is 14.9 Å². The van der Waals surface area contributed by atoms with Crippen molar-refractivity contribution in [2.45, 2.75) is 13.0 Å². The minimum Gasteiger partial charge on any atom is -0.369 e. The molecule has 1 aliphatic heterocycles. The number of carbonyl (C=O) groups excluding carboxylic acids is 2. The molecule has 3 N–H and O–H groups in total. The normalized spacial score (nSPS) is 19.3. The first-order valence-corrected chi connectivity index (χ1v) is 6.15. The predicted molar refractivity (Wildman–Crippen MR) is 68.8 cm³/mol. The van der Waals surface area contributed by atoms with Crippen LogP contribution >= 0.6 is 0 Å². The van der Waals surface area contributed by atoms with Crippen LogP contribution in [0.2, 0.25) is 0 Å². The number of carbonyl (C=O) groups is 2. The average Bonchev–Trinajstić information content (AvgIpc) is 2.96. The zero-order valence-electron chi connectivity index (χ0n) is 10.3. The van der Waals surface area contributed by atoms with Crippen molar-refractivity contribution in [3.63, 3.8) is 0 Å². The second-order valence-electron chi connectivity index (χ2n) is 4.76. The third-order valence-electron chi connectivity index (χ3n) is 3.50. The molecule has 2 aromatic rings. The van der Waals surface area contributed by atoms with Crippen molar-refractivity contribution in [3.8, 4) is 0 Å². The van der Waals surface area contributed by atoms with E-state index in [1.165, 1.54) is 0 Å². The maximum atomic E-state index is 12.0. The molecule has 1 saturated heterocycles. The molecular formula is C13H14N4O2. The lowest BCUT2D eigenvalue weighted by Crippen LogP contribution is -2.33. The predicted octanol–water partition coefficient (Wildman–Crippen LogP) is 0.397. The van der Waals surface area contributed by atoms with Crippen LogP contribution in [-0.4, -0.2) is 33.2 Å². The van der Waals surface area contributed by atoms with Gasteiger partial charge in [0.25, 0.3) is 0 Å². The number of nitrogens with zero attached hydrogens (tertiary/aromatic N) is 2. The molecule has 6 heteroatoms. The Hall–Kier alpha value is -2.37. The van der Waals surface area contributed by atoms with Crippen molar-refractivity contribution in [2.75, 3.05) is 6.54 Å². The fourth-order valence-corrected chi connectivity index (χ4v) is 2.46. The highest BCUT2D eigenvalue weighted by Gasteiger charge is 2.35. The molecule has 0 spiro atoms. The van der Waals surface area contributed by atoms with E-state index in [9.17, 15) is 9.59 Å². The minimum atomic E-state index is -0.657. The summed E-state index contributed by atoms with van der Waals surface area (Å²) in [6.07, 6.45) is 2.15. The lowest BCUT2D eigenvalue weighted by molar-refractivity contribution is -0.136. The van der Waals surface area contributed by atoms with E-state index in [1.807, 2.05) is 18.2 Å². The summed E-state index contributed by atoms with van der Waals surface area (Å²) in [6, 6.07) is 5.81. The van der Waals surface area contributed by atoms with Crippen LogP contribution in [0.5, 0.6) is 0 Å². The van der Waals surface area contributed by atoms with E-state index in [-0.39, 0.29) is 5.91 Å². The number of benzene rings is 1. The first-order chi connectivity index (χ1) is 9.15. The number of imidazole rings is 1. The minimum absolute atomic E-state index is 0.169. The van der Waals surface area contributed by atoms with Gasteiger partial charge in [0.05, 0.1) is 17.4 Å². The van der Waals surface area contributed by atoms with E-state index in [0.29, 0.717) is 19.5 Å². The molecule has 98 valence electrons. The fraction of sp³-hybridized carbons (Fsp3) is 0.308. The van der Waals surface area contributed by atoms with Crippen molar-refractivity contribution in [1.29, 1.82) is 0 Å². The molecule has 0 aliphatic carbocycles. The quantitative estimate of drug-likeness (QED) is 0.780. The molecule has 0 bridgehead atoms. The lowest BCUT2D eigenvalue weighted by atomic mass is 10.1. The van der Waals surface area contributed by atoms with Crippen LogP contribution in [0.3, 0.4) is 0 Å². The maximum Gasteiger partial charge on any atom is 0.235 e. The smallest absolute Gasteiger partial charge is 0.235 e. The number of H-pyrrole nitrogens is 1. The molecule has 1 fully saturated rings. The van der Waals surface area contributed by atoms with Crippen molar-refractivity contribution >= 4 is 22.8 Å². The molecule has 1 aliphatic rings. The third-order valence-corrected chi connectivity index (χ3v) is 3.50. The van der Waals surface area contributed by atoms with Gasteiger partial charge in [0, 0.05) is 13.1 Å². The van der Waals surface area contributed by atoms with Crippen molar-refractivity contribution < 1.29 is 9.59 Å². The molecule has 1 aromatic heterocycles. The van der Waals surface area contributed by atoms with E-state index in [4.69, 9.17) is 5.73 Å². The van der Waals surface area contributed by atoms with Gasteiger partial charge in [-0.3, -0.25) is 9.59 Å². The molecule has 0 saturated carbocycles. The highest BCUT2D eigenvalue weighted by atomic mass is 16.2. The SMILES string of the molecule is NC(=O)[C@@H]1CCN(Cc2ccc3nc[nH]c3c2)C1=O. The van der Waals surface area contributed by atoms with E-state index in [0.717, 1.165) is 16.6 Å². The Bertz CT molecular complexity index is 649. The number of rotatable bonds is 3. The van der Waals surface area contributed by atoms with E-state index < -0.39 is 11.8 Å². The Balaban J connectivity index is 1.78. The Morgan fingerprint density at radius 1 is 1.53 bits per heavy atom. The summed E-state index contributed by atoms with van der Waals surface area (Å²) in [4.78, 5) is 31.9. The average molecular weight is 258 g/mol. The zero-order chi connectivity index (χ0) is 13.4. The van der Waals surface area contributed by atoms with Gasteiger partial charge in [-0.05, 0) is 24.1 Å². The second-order valence-corrected chi connectivity index (χ2v) is 4.76. The molecule has 0 unspecified atom stereocenters. The van der Waals surface area contributed by atoms with Gasteiger partial charge in [-0.2, -0.15) is 0 Å². The second kappa shape index (κ2) is 4.38. The molecule has 1 atom stereocenters. The van der Waals surface area contributed by atoms with E-state index in [2.05, 4.69) is 9.97 Å². The molecule has 6 nitrogen and oxygen atoms in total. The van der Waals surface area contributed by atoms with Crippen LogP contribution in [-0.2, 0) is 16.1 Å². The summed E-state index contributed by atoms with van der Waals surface area (Å²) in [5.74, 6) is -1.36. The van der Waals surface area contributed by atoms with Gasteiger partial charge >= 0.3 is 0 Å². The van der Waals surface area contributed by atoms with Gasteiger partial charge in [-0.25, -0.2) is 4.98 Å². The Morgan fingerprint density at radius 3 is 3.11 bits per heavy atom. The summed E-state index contributed by atoms with van der Waals surface area (Å²) < 4.78 is 0. The topological polar surface area (TPSA) is 92.1 Å². The van der Waals surface area contributed by atoms with Gasteiger partial charge in [0.1, 0.15) is 5.92 Å². The maximum absolute atomic E-state index is 12.0. The number of aromatic nitrogens is 2. The standard InChI is InChI=1S/C13H14N4O2/c14-12(18)9-3-4-17(13(9)19)6-8-1-2-10-11(5-8)16-7-15-10/h1-2,5,7,9H,3-4,6H2,(H2,14,18)(H,15,16)/t9-/m0/s1. The van der Waals surface area contributed by atoms with Crippen molar-refractivity contribution in [3.05, 3.63) is 30.1 Å². The highest BCUT2D eigenvalue weighted by molar-refractivity contribution is 6.00. The lowest BCUT2D eigenvalue weighted by Gasteiger charge is -2.16. The van der Waals surface area contributed by atoms with E-state index >= 15 is 0 Å². The highest BCUT2D eigenvalue weighted by Crippen LogP contribution is 2.21. The van der Waals surface area contributed by atoms with Gasteiger partial charge in [-0.1, -0.05) is 6.07 Å². The van der Waals surface area contributed by atoms with Crippen LogP contribution in [0, 0.1) is 5.92 Å². The van der Waals surface area contributed by atoms with Crippen LogP contribution in [0.25, 0.3) is 11.0 Å². The van der Waals surface area contributed by atoms with Gasteiger partial charge in [0.2, 0.25) is 11.8 Å². The summed E-state index contributed by atoms with van der Waals surface area (Å²) in [6.45, 7) is 1.07. The molecule has 19 heavy (non-hydrogen) atoms. The largest absolute Gasteiger partial charge is 0.369 e. The van der Waals surface area contributed by atoms with Crippen LogP contribution in [0.15, 0.2) is 24.5 Å². The van der Waals surface area contributed by atoms with Crippen LogP contribution < -0.4 is 5.73 Å². The van der Waals surface area contributed by atoms with Gasteiger partial charge in [-0.15, -0.1) is 0 Å². The monoisotopic (exact) mass is 258 g/mol. The first kappa shape index (κ1) is 11.7. The number of hydrogen-bond donors (Lipinski definition) is 2. The number of nitrogens with two attached hydrogens (primary N) is 1. The Labute approximate surface area is 109 Å². The van der Waals surface area contributed by atoms with Gasteiger partial charge < -0.3 is 15.6 Å². The first-order valence-electron chi connectivity index (χ1n) is 6.15. The molecule has 0 radical (unpaired) electrons. The summed E-state index contributed by atoms with van der Waals surface area (Å²) in [5, 5.41) is 0. The molecule has 3 rings (SSSR count). The third kappa shape index (κ3) is 2.05. The molecule has 2 heterocycles. The molecule has 2 amide bonds. The summed E-state index contributed by atoms with van der Waals surface area (Å²) in [7, 11) is 0. The van der Waals surface area contributed by atoms with E-state index in [1.54, 1.807) is 11.2 Å². The number of likely N-dealkylation sites (tertiary alicyclic amines) is 1. The Kier molecular flexibility index (Phi) is 2.70. The van der Waals surface area contributed by atoms with Crippen LogP contribution in [0.1, 0.15) is 12.0 Å². The molecular weight excluding hydrogens is 244 g/mol. The Morgan fingerprint density at radius 2 is 2.37 bits per heavy atom. The van der Waals surface area contributed by atoms with Gasteiger partial charge in [0.15, 0.2) is 0 Å². The number of amides is 2. The fourth-order valence-electron chi connectivity index (χ4n) is 2.46.